The Morgan fingerprint density at radius 1 is 0.321 bits per heavy atom. The molecule has 3 nitrogen and oxygen atoms in total. The third-order valence-corrected chi connectivity index (χ3v) is 10.1. The van der Waals surface area contributed by atoms with Gasteiger partial charge in [0.1, 0.15) is 11.2 Å². The minimum absolute atomic E-state index is 0.693. The van der Waals surface area contributed by atoms with E-state index in [9.17, 15) is 0 Å². The molecule has 8 aromatic carbocycles. The Bertz CT molecular complexity index is 2860. The van der Waals surface area contributed by atoms with Crippen molar-refractivity contribution in [2.75, 3.05) is 0 Å². The number of rotatable bonds is 6. The van der Waals surface area contributed by atoms with Crippen molar-refractivity contribution in [3.05, 3.63) is 194 Å². The van der Waals surface area contributed by atoms with E-state index >= 15 is 0 Å². The van der Waals surface area contributed by atoms with Gasteiger partial charge in [-0.15, -0.1) is 0 Å². The zero-order valence-corrected chi connectivity index (χ0v) is 28.8. The van der Waals surface area contributed by atoms with Crippen molar-refractivity contribution in [2.45, 2.75) is 0 Å². The molecule has 0 saturated heterocycles. The predicted molar refractivity (Wildman–Crippen MR) is 219 cm³/mol. The molecule has 0 atom stereocenters. The van der Waals surface area contributed by atoms with Crippen LogP contribution in [-0.2, 0) is 0 Å². The molecule has 0 aliphatic rings. The molecule has 2 aromatic heterocycles. The average molecular weight is 677 g/mol. The maximum Gasteiger partial charge on any atom is 0.160 e. The molecule has 0 radical (unpaired) electrons. The molecular formula is C50H32N2O. The summed E-state index contributed by atoms with van der Waals surface area (Å²) in [6, 6.07) is 67.9. The molecule has 0 unspecified atom stereocenters. The van der Waals surface area contributed by atoms with Gasteiger partial charge in [-0.25, -0.2) is 9.97 Å². The van der Waals surface area contributed by atoms with E-state index in [1.165, 1.54) is 16.5 Å². The van der Waals surface area contributed by atoms with Crippen molar-refractivity contribution in [2.24, 2.45) is 0 Å². The maximum atomic E-state index is 6.76. The summed E-state index contributed by atoms with van der Waals surface area (Å²) in [7, 11) is 0. The highest BCUT2D eigenvalue weighted by molar-refractivity contribution is 6.20. The van der Waals surface area contributed by atoms with E-state index in [0.717, 1.165) is 77.7 Å². The molecule has 2 heterocycles. The van der Waals surface area contributed by atoms with Crippen LogP contribution in [-0.4, -0.2) is 9.97 Å². The van der Waals surface area contributed by atoms with Crippen LogP contribution in [0.25, 0.3) is 100.0 Å². The molecular weight excluding hydrogens is 645 g/mol. The highest BCUT2D eigenvalue weighted by Crippen LogP contribution is 2.43. The Balaban J connectivity index is 1.21. The van der Waals surface area contributed by atoms with Crippen molar-refractivity contribution in [3.63, 3.8) is 0 Å². The van der Waals surface area contributed by atoms with Crippen molar-refractivity contribution < 1.29 is 4.42 Å². The van der Waals surface area contributed by atoms with Crippen LogP contribution in [0.2, 0.25) is 0 Å². The lowest BCUT2D eigenvalue weighted by Crippen LogP contribution is -1.96. The molecule has 10 rings (SSSR count). The molecule has 0 aliphatic carbocycles. The summed E-state index contributed by atoms with van der Waals surface area (Å²) >= 11 is 0. The molecule has 0 amide bonds. The van der Waals surface area contributed by atoms with Crippen LogP contribution >= 0.6 is 0 Å². The van der Waals surface area contributed by atoms with Crippen molar-refractivity contribution in [3.8, 4) is 67.3 Å². The zero-order chi connectivity index (χ0) is 35.1. The van der Waals surface area contributed by atoms with Gasteiger partial charge in [0.05, 0.1) is 11.4 Å². The van der Waals surface area contributed by atoms with E-state index in [2.05, 4.69) is 170 Å². The smallest absolute Gasteiger partial charge is 0.160 e. The number of benzene rings is 8. The molecule has 0 fully saturated rings. The van der Waals surface area contributed by atoms with Gasteiger partial charge in [-0.1, -0.05) is 158 Å². The molecule has 248 valence electrons. The largest absolute Gasteiger partial charge is 0.455 e. The Morgan fingerprint density at radius 3 is 1.58 bits per heavy atom. The van der Waals surface area contributed by atoms with E-state index in [0.29, 0.717) is 5.82 Å². The number of nitrogens with zero attached hydrogens (tertiary/aromatic N) is 2. The number of hydrogen-bond acceptors (Lipinski definition) is 3. The molecule has 0 spiro atoms. The second-order valence-electron chi connectivity index (χ2n) is 13.3. The van der Waals surface area contributed by atoms with Gasteiger partial charge < -0.3 is 4.42 Å². The molecule has 0 bridgehead atoms. The highest BCUT2D eigenvalue weighted by atomic mass is 16.3. The van der Waals surface area contributed by atoms with E-state index < -0.39 is 0 Å². The molecule has 53 heavy (non-hydrogen) atoms. The fraction of sp³-hybridized carbons (Fsp3) is 0. The molecule has 3 heteroatoms. The second kappa shape index (κ2) is 12.9. The summed E-state index contributed by atoms with van der Waals surface area (Å²) in [5, 5.41) is 4.48. The fourth-order valence-corrected chi connectivity index (χ4v) is 7.55. The summed E-state index contributed by atoms with van der Waals surface area (Å²) in [5.41, 5.74) is 13.4. The quantitative estimate of drug-likeness (QED) is 0.176. The first kappa shape index (κ1) is 30.7. The van der Waals surface area contributed by atoms with E-state index in [1.54, 1.807) is 0 Å². The lowest BCUT2D eigenvalue weighted by atomic mass is 9.92. The van der Waals surface area contributed by atoms with Crippen LogP contribution in [0, 0.1) is 0 Å². The SMILES string of the molecule is c1ccc(-c2cc(-c3cc(-c4ccccc4)nc(-c4ccccc4)n3)cc(-c3cccc4oc5c6cccc(-c7ccccc7)c6ccc5c34)c2)cc1. The minimum Gasteiger partial charge on any atom is -0.455 e. The third kappa shape index (κ3) is 5.56. The normalized spacial score (nSPS) is 11.4. The van der Waals surface area contributed by atoms with E-state index in [1.807, 2.05) is 24.3 Å². The van der Waals surface area contributed by atoms with Crippen molar-refractivity contribution >= 4 is 32.7 Å². The minimum atomic E-state index is 0.693. The van der Waals surface area contributed by atoms with Crippen LogP contribution in [0.1, 0.15) is 0 Å². The number of hydrogen-bond donors (Lipinski definition) is 0. The first-order chi connectivity index (χ1) is 26.3. The Kier molecular flexibility index (Phi) is 7.47. The molecule has 10 aromatic rings. The zero-order valence-electron chi connectivity index (χ0n) is 28.8. The van der Waals surface area contributed by atoms with Crippen LogP contribution in [0.15, 0.2) is 199 Å². The van der Waals surface area contributed by atoms with Gasteiger partial charge in [0.15, 0.2) is 5.82 Å². The molecule has 0 saturated carbocycles. The van der Waals surface area contributed by atoms with Gasteiger partial charge >= 0.3 is 0 Å². The summed E-state index contributed by atoms with van der Waals surface area (Å²) in [4.78, 5) is 10.3. The average Bonchev–Trinajstić information content (AvgIpc) is 3.64. The van der Waals surface area contributed by atoms with E-state index in [4.69, 9.17) is 14.4 Å². The first-order valence-corrected chi connectivity index (χ1v) is 17.9. The van der Waals surface area contributed by atoms with Crippen molar-refractivity contribution in [1.29, 1.82) is 0 Å². The van der Waals surface area contributed by atoms with Gasteiger partial charge in [-0.3, -0.25) is 0 Å². The summed E-state index contributed by atoms with van der Waals surface area (Å²) < 4.78 is 6.76. The second-order valence-corrected chi connectivity index (χ2v) is 13.3. The van der Waals surface area contributed by atoms with Gasteiger partial charge in [-0.2, -0.15) is 0 Å². The summed E-state index contributed by atoms with van der Waals surface area (Å²) in [6.07, 6.45) is 0. The topological polar surface area (TPSA) is 38.9 Å². The van der Waals surface area contributed by atoms with Crippen LogP contribution < -0.4 is 0 Å². The van der Waals surface area contributed by atoms with Gasteiger partial charge in [0, 0.05) is 32.8 Å². The maximum absolute atomic E-state index is 6.76. The first-order valence-electron chi connectivity index (χ1n) is 17.9. The lowest BCUT2D eigenvalue weighted by Gasteiger charge is -2.14. The predicted octanol–water partition coefficient (Wildman–Crippen LogP) is 13.5. The van der Waals surface area contributed by atoms with Crippen molar-refractivity contribution in [1.82, 2.24) is 9.97 Å². The Morgan fingerprint density at radius 2 is 0.868 bits per heavy atom. The molecule has 0 aliphatic heterocycles. The summed E-state index contributed by atoms with van der Waals surface area (Å²) in [5.74, 6) is 0.693. The highest BCUT2D eigenvalue weighted by Gasteiger charge is 2.18. The van der Waals surface area contributed by atoms with Crippen LogP contribution in [0.4, 0.5) is 0 Å². The number of aromatic nitrogens is 2. The van der Waals surface area contributed by atoms with Crippen LogP contribution in [0.3, 0.4) is 0 Å². The molecule has 0 N–H and O–H groups in total. The van der Waals surface area contributed by atoms with Gasteiger partial charge in [-0.05, 0) is 75.2 Å². The lowest BCUT2D eigenvalue weighted by molar-refractivity contribution is 0.673. The third-order valence-electron chi connectivity index (χ3n) is 10.1. The number of fused-ring (bicyclic) bond motifs is 5. The Hall–Kier alpha value is -7.10. The van der Waals surface area contributed by atoms with E-state index in [-0.39, 0.29) is 0 Å². The summed E-state index contributed by atoms with van der Waals surface area (Å²) in [6.45, 7) is 0. The Labute approximate surface area is 307 Å². The van der Waals surface area contributed by atoms with Gasteiger partial charge in [0.25, 0.3) is 0 Å². The van der Waals surface area contributed by atoms with Crippen LogP contribution in [0.5, 0.6) is 0 Å². The number of furan rings is 1. The standard InChI is InChI=1S/C50H32N2O/c1-5-15-33(16-6-1)37-29-38(31-39(30-37)46-32-45(35-19-9-3-10-20-35)51-50(52-46)36-21-11-4-12-22-36)41-24-14-26-47-48(41)44-28-27-42-40(34-17-7-2-8-18-34)23-13-25-43(42)49(44)53-47/h1-32H. The fourth-order valence-electron chi connectivity index (χ4n) is 7.55. The van der Waals surface area contributed by atoms with Gasteiger partial charge in [0.2, 0.25) is 0 Å². The monoisotopic (exact) mass is 676 g/mol.